The maximum absolute atomic E-state index is 11.1. The number of piperazine rings is 1. The van der Waals surface area contributed by atoms with Crippen LogP contribution in [0.25, 0.3) is 10.9 Å². The van der Waals surface area contributed by atoms with Crippen LogP contribution in [0.1, 0.15) is 57.1 Å². The average Bonchev–Trinajstić information content (AvgIpc) is 2.79. The van der Waals surface area contributed by atoms with Crippen molar-refractivity contribution in [3.8, 4) is 5.75 Å². The summed E-state index contributed by atoms with van der Waals surface area (Å²) in [6.45, 7) is 7.03. The van der Waals surface area contributed by atoms with E-state index in [1.54, 1.807) is 13.3 Å². The predicted octanol–water partition coefficient (Wildman–Crippen LogP) is 3.62. The molecule has 1 aromatic carbocycles. The van der Waals surface area contributed by atoms with Crippen molar-refractivity contribution < 1.29 is 14.9 Å². The van der Waals surface area contributed by atoms with Crippen LogP contribution in [0, 0.1) is 0 Å². The van der Waals surface area contributed by atoms with E-state index in [0.29, 0.717) is 6.54 Å². The zero-order valence-corrected chi connectivity index (χ0v) is 19.2. The molecule has 1 fully saturated rings. The van der Waals surface area contributed by atoms with Crippen LogP contribution in [0.2, 0.25) is 0 Å². The molecule has 0 aliphatic carbocycles. The van der Waals surface area contributed by atoms with Crippen LogP contribution >= 0.6 is 0 Å². The molecule has 1 aromatic heterocycles. The third kappa shape index (κ3) is 6.62. The van der Waals surface area contributed by atoms with E-state index in [9.17, 15) is 10.2 Å². The molecule has 6 heteroatoms. The Morgan fingerprint density at radius 2 is 2.00 bits per heavy atom. The summed E-state index contributed by atoms with van der Waals surface area (Å²) in [4.78, 5) is 9.31. The molecule has 2 N–H and O–H groups in total. The second kappa shape index (κ2) is 12.3. The molecule has 2 atom stereocenters. The molecule has 1 aliphatic rings. The van der Waals surface area contributed by atoms with Gasteiger partial charge in [0.05, 0.1) is 18.7 Å². The smallest absolute Gasteiger partial charge is 0.119 e. The van der Waals surface area contributed by atoms with E-state index in [-0.39, 0.29) is 12.6 Å². The van der Waals surface area contributed by atoms with E-state index in [2.05, 4.69) is 21.7 Å². The van der Waals surface area contributed by atoms with E-state index in [1.807, 2.05) is 24.3 Å². The number of unbranched alkanes of at least 4 members (excludes halogenated alkanes) is 4. The van der Waals surface area contributed by atoms with Gasteiger partial charge in [-0.25, -0.2) is 0 Å². The fourth-order valence-electron chi connectivity index (χ4n) is 4.65. The third-order valence-corrected chi connectivity index (χ3v) is 6.48. The highest BCUT2D eigenvalue weighted by Gasteiger charge is 2.28. The molecule has 1 saturated heterocycles. The highest BCUT2D eigenvalue weighted by atomic mass is 16.5. The molecule has 3 rings (SSSR count). The highest BCUT2D eigenvalue weighted by Crippen LogP contribution is 2.28. The summed E-state index contributed by atoms with van der Waals surface area (Å²) in [5, 5.41) is 21.7. The number of benzene rings is 1. The number of pyridine rings is 1. The molecule has 172 valence electrons. The fraction of sp³-hybridized carbons (Fsp3) is 0.640. The maximum atomic E-state index is 11.1. The van der Waals surface area contributed by atoms with Gasteiger partial charge in [0.2, 0.25) is 0 Å². The summed E-state index contributed by atoms with van der Waals surface area (Å²) < 4.78 is 5.37. The minimum atomic E-state index is -0.612. The number of fused-ring (bicyclic) bond motifs is 1. The lowest BCUT2D eigenvalue weighted by molar-refractivity contribution is 0.0226. The van der Waals surface area contributed by atoms with Gasteiger partial charge in [-0.1, -0.05) is 32.6 Å². The van der Waals surface area contributed by atoms with Gasteiger partial charge >= 0.3 is 0 Å². The minimum Gasteiger partial charge on any atom is -0.497 e. The average molecular weight is 430 g/mol. The first kappa shape index (κ1) is 23.9. The van der Waals surface area contributed by atoms with Crippen molar-refractivity contribution in [2.24, 2.45) is 0 Å². The summed E-state index contributed by atoms with van der Waals surface area (Å²) in [6.07, 6.45) is 8.37. The Balaban J connectivity index is 1.62. The predicted molar refractivity (Wildman–Crippen MR) is 126 cm³/mol. The first-order valence-electron chi connectivity index (χ1n) is 11.8. The minimum absolute atomic E-state index is 0.178. The molecular formula is C25H39N3O3. The number of nitrogens with zero attached hydrogens (tertiary/aromatic N) is 3. The van der Waals surface area contributed by atoms with E-state index in [0.717, 1.165) is 54.8 Å². The Labute approximate surface area is 186 Å². The molecule has 31 heavy (non-hydrogen) atoms. The van der Waals surface area contributed by atoms with Crippen LogP contribution in [0.5, 0.6) is 5.75 Å². The topological polar surface area (TPSA) is 69.1 Å². The third-order valence-electron chi connectivity index (χ3n) is 6.48. The van der Waals surface area contributed by atoms with Crippen molar-refractivity contribution in [3.63, 3.8) is 0 Å². The van der Waals surface area contributed by atoms with Crippen LogP contribution in [0.15, 0.2) is 30.5 Å². The van der Waals surface area contributed by atoms with Crippen molar-refractivity contribution in [3.05, 3.63) is 36.0 Å². The van der Waals surface area contributed by atoms with E-state index in [4.69, 9.17) is 4.74 Å². The zero-order valence-electron chi connectivity index (χ0n) is 19.2. The van der Waals surface area contributed by atoms with Crippen LogP contribution in [0.3, 0.4) is 0 Å². The molecule has 2 heterocycles. The molecular weight excluding hydrogens is 390 g/mol. The standard InChI is InChI=1S/C25H39N3O3/c1-3-4-5-6-7-13-27-14-15-28(20(18-27)11-16-29)19-25(30)22-10-12-26-24-9-8-21(31-2)17-23(22)24/h8-10,12,17,20,25,29-30H,3-7,11,13-16,18-19H2,1-2H3/t20-,25?/m0/s1. The number of aliphatic hydroxyl groups excluding tert-OH is 2. The number of hydrogen-bond donors (Lipinski definition) is 2. The number of ether oxygens (including phenoxy) is 1. The molecule has 0 bridgehead atoms. The Hall–Kier alpha value is -1.73. The number of aliphatic hydroxyl groups is 2. The lowest BCUT2D eigenvalue weighted by Crippen LogP contribution is -2.54. The molecule has 1 unspecified atom stereocenters. The fourth-order valence-corrected chi connectivity index (χ4v) is 4.65. The monoisotopic (exact) mass is 429 g/mol. The Morgan fingerprint density at radius 1 is 1.16 bits per heavy atom. The zero-order chi connectivity index (χ0) is 22.1. The molecule has 2 aromatic rings. The van der Waals surface area contributed by atoms with Gasteiger partial charge in [0.15, 0.2) is 0 Å². The molecule has 6 nitrogen and oxygen atoms in total. The molecule has 0 saturated carbocycles. The summed E-state index contributed by atoms with van der Waals surface area (Å²) in [5.74, 6) is 0.764. The van der Waals surface area contributed by atoms with Gasteiger partial charge < -0.3 is 19.8 Å². The number of hydrogen-bond acceptors (Lipinski definition) is 6. The normalized spacial score (nSPS) is 19.0. The van der Waals surface area contributed by atoms with Crippen LogP contribution in [-0.2, 0) is 0 Å². The summed E-state index contributed by atoms with van der Waals surface area (Å²) in [6, 6.07) is 7.94. The van der Waals surface area contributed by atoms with Gasteiger partial charge in [0, 0.05) is 50.4 Å². The SMILES string of the molecule is CCCCCCCN1CCN(CC(O)c2ccnc3ccc(OC)cc23)[C@@H](CCO)C1. The highest BCUT2D eigenvalue weighted by molar-refractivity contribution is 5.83. The molecule has 0 radical (unpaired) electrons. The molecule has 1 aliphatic heterocycles. The summed E-state index contributed by atoms with van der Waals surface area (Å²) >= 11 is 0. The van der Waals surface area contributed by atoms with Crippen molar-refractivity contribution in [2.75, 3.05) is 46.4 Å². The van der Waals surface area contributed by atoms with E-state index in [1.165, 1.54) is 32.1 Å². The second-order valence-corrected chi connectivity index (χ2v) is 8.67. The van der Waals surface area contributed by atoms with Crippen LogP contribution < -0.4 is 4.74 Å². The lowest BCUT2D eigenvalue weighted by Gasteiger charge is -2.42. The molecule has 0 spiro atoms. The van der Waals surface area contributed by atoms with Gasteiger partial charge in [0.1, 0.15) is 5.75 Å². The Kier molecular flexibility index (Phi) is 9.53. The van der Waals surface area contributed by atoms with E-state index >= 15 is 0 Å². The molecule has 0 amide bonds. The number of rotatable bonds is 12. The number of methoxy groups -OCH3 is 1. The summed E-state index contributed by atoms with van der Waals surface area (Å²) in [7, 11) is 1.65. The maximum Gasteiger partial charge on any atom is 0.119 e. The van der Waals surface area contributed by atoms with E-state index < -0.39 is 6.10 Å². The first-order valence-corrected chi connectivity index (χ1v) is 11.8. The van der Waals surface area contributed by atoms with Gasteiger partial charge in [-0.05, 0) is 49.2 Å². The Morgan fingerprint density at radius 3 is 2.77 bits per heavy atom. The van der Waals surface area contributed by atoms with Crippen molar-refractivity contribution in [1.29, 1.82) is 0 Å². The largest absolute Gasteiger partial charge is 0.497 e. The quantitative estimate of drug-likeness (QED) is 0.502. The van der Waals surface area contributed by atoms with Gasteiger partial charge in [-0.2, -0.15) is 0 Å². The first-order chi connectivity index (χ1) is 15.2. The second-order valence-electron chi connectivity index (χ2n) is 8.67. The lowest BCUT2D eigenvalue weighted by atomic mass is 10.0. The van der Waals surface area contributed by atoms with Gasteiger partial charge in [0.25, 0.3) is 0 Å². The number of aromatic nitrogens is 1. The number of β-amino-alcohol motifs (C(OH)–C–C–N with tert-alkyl or cyclic N) is 1. The van der Waals surface area contributed by atoms with Crippen molar-refractivity contribution >= 4 is 10.9 Å². The van der Waals surface area contributed by atoms with Crippen molar-refractivity contribution in [2.45, 2.75) is 57.6 Å². The summed E-state index contributed by atoms with van der Waals surface area (Å²) in [5.41, 5.74) is 1.74. The van der Waals surface area contributed by atoms with Crippen LogP contribution in [0.4, 0.5) is 0 Å². The van der Waals surface area contributed by atoms with Crippen molar-refractivity contribution in [1.82, 2.24) is 14.8 Å². The van der Waals surface area contributed by atoms with Gasteiger partial charge in [-0.3, -0.25) is 9.88 Å². The Bertz CT molecular complexity index is 801. The van der Waals surface area contributed by atoms with Crippen LogP contribution in [-0.4, -0.2) is 77.5 Å². The van der Waals surface area contributed by atoms with Gasteiger partial charge in [-0.15, -0.1) is 0 Å².